The van der Waals surface area contributed by atoms with Gasteiger partial charge in [0.05, 0.1) is 18.7 Å². The van der Waals surface area contributed by atoms with Gasteiger partial charge in [0.15, 0.2) is 0 Å². The zero-order chi connectivity index (χ0) is 12.2. The van der Waals surface area contributed by atoms with Gasteiger partial charge < -0.3 is 5.32 Å². The number of imide groups is 1. The van der Waals surface area contributed by atoms with Gasteiger partial charge in [0, 0.05) is 6.54 Å². The van der Waals surface area contributed by atoms with Gasteiger partial charge in [-0.15, -0.1) is 0 Å². The molecule has 0 spiro atoms. The monoisotopic (exact) mass is 249 g/mol. The average molecular weight is 249 g/mol. The van der Waals surface area contributed by atoms with Crippen LogP contribution in [0.25, 0.3) is 0 Å². The third-order valence-electron chi connectivity index (χ3n) is 2.08. The number of hydrogen-bond donors (Lipinski definition) is 3. The maximum Gasteiger partial charge on any atom is 0.244 e. The largest absolute Gasteiger partial charge is 0.305 e. The molecule has 8 heteroatoms. The molecule has 0 aromatic rings. The second-order valence-electron chi connectivity index (χ2n) is 3.64. The van der Waals surface area contributed by atoms with Gasteiger partial charge >= 0.3 is 0 Å². The van der Waals surface area contributed by atoms with E-state index in [1.54, 1.807) is 0 Å². The minimum Gasteiger partial charge on any atom is -0.305 e. The molecule has 2 amide bonds. The van der Waals surface area contributed by atoms with E-state index >= 15 is 0 Å². The first-order valence-electron chi connectivity index (χ1n) is 4.90. The lowest BCUT2D eigenvalue weighted by atomic mass is 10.2. The van der Waals surface area contributed by atoms with Gasteiger partial charge in [0.25, 0.3) is 0 Å². The Morgan fingerprint density at radius 2 is 2.06 bits per heavy atom. The zero-order valence-electron chi connectivity index (χ0n) is 8.95. The fraction of sp³-hybridized carbons (Fsp3) is 0.750. The van der Waals surface area contributed by atoms with Crippen LogP contribution in [-0.2, 0) is 19.6 Å². The van der Waals surface area contributed by atoms with Crippen LogP contribution in [0.4, 0.5) is 0 Å². The average Bonchev–Trinajstić information content (AvgIpc) is 2.42. The molecule has 1 aliphatic heterocycles. The maximum absolute atomic E-state index is 11.1. The van der Waals surface area contributed by atoms with Gasteiger partial charge in [-0.3, -0.25) is 14.9 Å². The lowest BCUT2D eigenvalue weighted by molar-refractivity contribution is -0.125. The number of carbonyl (C=O) groups excluding carboxylic acids is 2. The molecule has 7 nitrogen and oxygen atoms in total. The molecule has 0 aromatic carbocycles. The molecule has 3 N–H and O–H groups in total. The molecule has 0 aromatic heterocycles. The highest BCUT2D eigenvalue weighted by Gasteiger charge is 2.29. The highest BCUT2D eigenvalue weighted by atomic mass is 32.2. The number of hydrogen-bond acceptors (Lipinski definition) is 5. The predicted molar refractivity (Wildman–Crippen MR) is 57.0 cm³/mol. The van der Waals surface area contributed by atoms with E-state index in [2.05, 4.69) is 15.4 Å². The van der Waals surface area contributed by atoms with Crippen molar-refractivity contribution >= 4 is 21.8 Å². The molecule has 0 saturated carbocycles. The van der Waals surface area contributed by atoms with Gasteiger partial charge in [-0.25, -0.2) is 13.1 Å². The number of nitrogens with one attached hydrogen (secondary N) is 3. The molecule has 1 fully saturated rings. The SMILES string of the molecule is CS(=O)(=O)NCCCNC1CC(=O)NC1=O. The van der Waals surface area contributed by atoms with Crippen LogP contribution in [0.1, 0.15) is 12.8 Å². The Morgan fingerprint density at radius 1 is 1.38 bits per heavy atom. The standard InChI is InChI=1S/C8H15N3O4S/c1-16(14,15)10-4-2-3-9-6-5-7(12)11-8(6)13/h6,9-10H,2-5H2,1H3,(H,11,12,13). The molecule has 1 rings (SSSR count). The van der Waals surface area contributed by atoms with Crippen molar-refractivity contribution in [3.05, 3.63) is 0 Å². The second kappa shape index (κ2) is 5.37. The van der Waals surface area contributed by atoms with E-state index in [1.807, 2.05) is 0 Å². The Hall–Kier alpha value is -0.990. The molecule has 0 aliphatic carbocycles. The van der Waals surface area contributed by atoms with Crippen molar-refractivity contribution in [1.29, 1.82) is 0 Å². The van der Waals surface area contributed by atoms with E-state index in [9.17, 15) is 18.0 Å². The Labute approximate surface area is 94.0 Å². The van der Waals surface area contributed by atoms with Crippen LogP contribution < -0.4 is 15.4 Å². The lowest BCUT2D eigenvalue weighted by Gasteiger charge is -2.08. The minimum absolute atomic E-state index is 0.151. The lowest BCUT2D eigenvalue weighted by Crippen LogP contribution is -2.37. The van der Waals surface area contributed by atoms with Crippen molar-refractivity contribution in [2.75, 3.05) is 19.3 Å². The number of amides is 2. The Bertz CT molecular complexity index is 379. The second-order valence-corrected chi connectivity index (χ2v) is 5.48. The fourth-order valence-electron chi connectivity index (χ4n) is 1.34. The number of sulfonamides is 1. The Balaban J connectivity index is 2.12. The first-order chi connectivity index (χ1) is 7.38. The van der Waals surface area contributed by atoms with E-state index in [-0.39, 0.29) is 18.2 Å². The van der Waals surface area contributed by atoms with Crippen molar-refractivity contribution < 1.29 is 18.0 Å². The molecule has 0 bridgehead atoms. The molecule has 1 heterocycles. The van der Waals surface area contributed by atoms with Crippen LogP contribution in [0.2, 0.25) is 0 Å². The summed E-state index contributed by atoms with van der Waals surface area (Å²) in [6.07, 6.45) is 1.80. The highest BCUT2D eigenvalue weighted by Crippen LogP contribution is 2.00. The summed E-state index contributed by atoms with van der Waals surface area (Å²) in [7, 11) is -3.15. The summed E-state index contributed by atoms with van der Waals surface area (Å²) in [5.74, 6) is -0.599. The van der Waals surface area contributed by atoms with Crippen molar-refractivity contribution in [1.82, 2.24) is 15.4 Å². The first kappa shape index (κ1) is 13.1. The van der Waals surface area contributed by atoms with Crippen molar-refractivity contribution in [2.24, 2.45) is 0 Å². The van der Waals surface area contributed by atoms with Crippen LogP contribution in [0.5, 0.6) is 0 Å². The molecular weight excluding hydrogens is 234 g/mol. The van der Waals surface area contributed by atoms with Gasteiger partial charge in [-0.05, 0) is 13.0 Å². The molecule has 1 atom stereocenters. The third kappa shape index (κ3) is 4.69. The van der Waals surface area contributed by atoms with E-state index in [4.69, 9.17) is 0 Å². The van der Waals surface area contributed by atoms with Crippen LogP contribution >= 0.6 is 0 Å². The Morgan fingerprint density at radius 3 is 2.56 bits per heavy atom. The van der Waals surface area contributed by atoms with E-state index in [0.29, 0.717) is 19.5 Å². The molecule has 1 saturated heterocycles. The van der Waals surface area contributed by atoms with Crippen LogP contribution in [0.15, 0.2) is 0 Å². The summed E-state index contributed by atoms with van der Waals surface area (Å²) >= 11 is 0. The molecule has 0 radical (unpaired) electrons. The van der Waals surface area contributed by atoms with E-state index in [0.717, 1.165) is 6.26 Å². The summed E-state index contributed by atoms with van der Waals surface area (Å²) in [6.45, 7) is 0.794. The van der Waals surface area contributed by atoms with Crippen LogP contribution in [0.3, 0.4) is 0 Å². The minimum atomic E-state index is -3.15. The van der Waals surface area contributed by atoms with Crippen molar-refractivity contribution in [2.45, 2.75) is 18.9 Å². The Kier molecular flexibility index (Phi) is 4.39. The summed E-state index contributed by atoms with van der Waals surface area (Å²) in [5.41, 5.74) is 0. The predicted octanol–water partition coefficient (Wildman–Crippen LogP) is -2.07. The molecular formula is C8H15N3O4S. The molecule has 1 unspecified atom stereocenters. The van der Waals surface area contributed by atoms with Crippen LogP contribution in [-0.4, -0.2) is 45.6 Å². The topological polar surface area (TPSA) is 104 Å². The summed E-state index contributed by atoms with van der Waals surface area (Å²) < 4.78 is 23.7. The fourth-order valence-corrected chi connectivity index (χ4v) is 1.86. The normalized spacial score (nSPS) is 21.2. The van der Waals surface area contributed by atoms with Gasteiger partial charge in [-0.2, -0.15) is 0 Å². The zero-order valence-corrected chi connectivity index (χ0v) is 9.76. The summed E-state index contributed by atoms with van der Waals surface area (Å²) in [6, 6.07) is -0.481. The van der Waals surface area contributed by atoms with E-state index < -0.39 is 16.1 Å². The van der Waals surface area contributed by atoms with Gasteiger partial charge in [-0.1, -0.05) is 0 Å². The first-order valence-corrected chi connectivity index (χ1v) is 6.79. The smallest absolute Gasteiger partial charge is 0.244 e. The van der Waals surface area contributed by atoms with Gasteiger partial charge in [0.1, 0.15) is 0 Å². The van der Waals surface area contributed by atoms with Crippen molar-refractivity contribution in [3.8, 4) is 0 Å². The summed E-state index contributed by atoms with van der Waals surface area (Å²) in [4.78, 5) is 21.9. The highest BCUT2D eigenvalue weighted by molar-refractivity contribution is 7.88. The number of rotatable bonds is 6. The quantitative estimate of drug-likeness (QED) is 0.370. The van der Waals surface area contributed by atoms with Crippen molar-refractivity contribution in [3.63, 3.8) is 0 Å². The molecule has 16 heavy (non-hydrogen) atoms. The van der Waals surface area contributed by atoms with E-state index in [1.165, 1.54) is 0 Å². The third-order valence-corrected chi connectivity index (χ3v) is 2.81. The summed E-state index contributed by atoms with van der Waals surface area (Å²) in [5, 5.41) is 5.06. The molecule has 1 aliphatic rings. The maximum atomic E-state index is 11.1. The van der Waals surface area contributed by atoms with Crippen LogP contribution in [0, 0.1) is 0 Å². The molecule has 92 valence electrons. The number of carbonyl (C=O) groups is 2. The van der Waals surface area contributed by atoms with Gasteiger partial charge in [0.2, 0.25) is 21.8 Å².